The minimum atomic E-state index is -0.401. The molecule has 1 aliphatic rings. The van der Waals surface area contributed by atoms with Gasteiger partial charge in [0.2, 0.25) is 11.8 Å². The fraction of sp³-hybridized carbons (Fsp3) is 0.276. The molecule has 1 atom stereocenters. The Kier molecular flexibility index (Phi) is 8.28. The van der Waals surface area contributed by atoms with Gasteiger partial charge in [-0.3, -0.25) is 14.4 Å². The maximum Gasteiger partial charge on any atom is 0.262 e. The number of aryl methyl sites for hydroxylation is 3. The highest BCUT2D eigenvalue weighted by atomic mass is 79.9. The minimum absolute atomic E-state index is 0.0932. The van der Waals surface area contributed by atoms with Gasteiger partial charge in [-0.05, 0) is 79.4 Å². The molecule has 1 aliphatic heterocycles. The molecule has 0 bridgehead atoms. The van der Waals surface area contributed by atoms with Crippen LogP contribution < -0.4 is 20.3 Å². The largest absolute Gasteiger partial charge is 0.484 e. The van der Waals surface area contributed by atoms with Crippen molar-refractivity contribution in [2.24, 2.45) is 5.92 Å². The van der Waals surface area contributed by atoms with E-state index in [9.17, 15) is 14.4 Å². The van der Waals surface area contributed by atoms with Gasteiger partial charge in [0.05, 0.1) is 5.92 Å². The number of benzene rings is 3. The van der Waals surface area contributed by atoms with Gasteiger partial charge in [-0.2, -0.15) is 0 Å². The highest BCUT2D eigenvalue weighted by molar-refractivity contribution is 9.10. The van der Waals surface area contributed by atoms with Gasteiger partial charge in [-0.1, -0.05) is 40.2 Å². The van der Waals surface area contributed by atoms with Crippen molar-refractivity contribution in [2.45, 2.75) is 33.7 Å². The summed E-state index contributed by atoms with van der Waals surface area (Å²) in [5.41, 5.74) is 5.56. The van der Waals surface area contributed by atoms with Crippen molar-refractivity contribution in [1.82, 2.24) is 5.32 Å². The number of anilines is 2. The summed E-state index contributed by atoms with van der Waals surface area (Å²) >= 11 is 3.46. The van der Waals surface area contributed by atoms with Gasteiger partial charge < -0.3 is 20.3 Å². The number of halogens is 1. The lowest BCUT2D eigenvalue weighted by Gasteiger charge is -2.17. The van der Waals surface area contributed by atoms with E-state index in [0.29, 0.717) is 24.5 Å². The summed E-state index contributed by atoms with van der Waals surface area (Å²) in [6.07, 6.45) is 0.174. The first-order valence-corrected chi connectivity index (χ1v) is 12.9. The molecule has 1 fully saturated rings. The summed E-state index contributed by atoms with van der Waals surface area (Å²) in [4.78, 5) is 39.4. The number of carbonyl (C=O) groups excluding carboxylic acids is 3. The zero-order valence-electron chi connectivity index (χ0n) is 21.1. The van der Waals surface area contributed by atoms with E-state index in [4.69, 9.17) is 4.74 Å². The van der Waals surface area contributed by atoms with Crippen LogP contribution in [0.3, 0.4) is 0 Å². The molecule has 0 unspecified atom stereocenters. The summed E-state index contributed by atoms with van der Waals surface area (Å²) in [5.74, 6) is -0.360. The predicted octanol–water partition coefficient (Wildman–Crippen LogP) is 5.06. The fourth-order valence-corrected chi connectivity index (χ4v) is 5.11. The van der Waals surface area contributed by atoms with Gasteiger partial charge in [0.15, 0.2) is 6.61 Å². The summed E-state index contributed by atoms with van der Waals surface area (Å²) < 4.78 is 6.60. The van der Waals surface area contributed by atoms with Gasteiger partial charge in [-0.15, -0.1) is 0 Å². The van der Waals surface area contributed by atoms with Crippen molar-refractivity contribution in [3.8, 4) is 5.75 Å². The Morgan fingerprint density at radius 1 is 1.00 bits per heavy atom. The normalized spacial score (nSPS) is 15.0. The van der Waals surface area contributed by atoms with Crippen LogP contribution in [0.5, 0.6) is 5.75 Å². The number of rotatable bonds is 8. The Hall–Kier alpha value is -3.65. The van der Waals surface area contributed by atoms with Gasteiger partial charge in [-0.25, -0.2) is 0 Å². The molecule has 3 aromatic rings. The molecule has 0 saturated carbocycles. The highest BCUT2D eigenvalue weighted by Gasteiger charge is 2.35. The van der Waals surface area contributed by atoms with E-state index in [2.05, 4.69) is 26.6 Å². The topological polar surface area (TPSA) is 87.7 Å². The van der Waals surface area contributed by atoms with Crippen LogP contribution in [-0.2, 0) is 20.9 Å². The van der Waals surface area contributed by atoms with Crippen LogP contribution in [-0.4, -0.2) is 30.9 Å². The van der Waals surface area contributed by atoms with Gasteiger partial charge >= 0.3 is 0 Å². The summed E-state index contributed by atoms with van der Waals surface area (Å²) in [6.45, 7) is 6.51. The molecule has 4 rings (SSSR count). The number of hydrogen-bond acceptors (Lipinski definition) is 4. The maximum atomic E-state index is 12.7. The number of carbonyl (C=O) groups is 3. The van der Waals surface area contributed by atoms with Crippen molar-refractivity contribution in [1.29, 1.82) is 0 Å². The highest BCUT2D eigenvalue weighted by Crippen LogP contribution is 2.28. The van der Waals surface area contributed by atoms with E-state index in [-0.39, 0.29) is 30.7 Å². The first kappa shape index (κ1) is 26.4. The van der Waals surface area contributed by atoms with E-state index in [1.807, 2.05) is 57.2 Å². The predicted molar refractivity (Wildman–Crippen MR) is 148 cm³/mol. The molecule has 0 spiro atoms. The van der Waals surface area contributed by atoms with E-state index in [1.54, 1.807) is 29.2 Å². The van der Waals surface area contributed by atoms with Crippen LogP contribution >= 0.6 is 15.9 Å². The quantitative estimate of drug-likeness (QED) is 0.401. The molecule has 0 aliphatic carbocycles. The van der Waals surface area contributed by atoms with Crippen LogP contribution in [0.25, 0.3) is 0 Å². The third kappa shape index (κ3) is 6.57. The molecule has 3 aromatic carbocycles. The molecule has 0 aromatic heterocycles. The van der Waals surface area contributed by atoms with Crippen molar-refractivity contribution < 1.29 is 19.1 Å². The van der Waals surface area contributed by atoms with E-state index in [0.717, 1.165) is 32.4 Å². The second-order valence-electron chi connectivity index (χ2n) is 9.30. The second-order valence-corrected chi connectivity index (χ2v) is 10.2. The van der Waals surface area contributed by atoms with Crippen molar-refractivity contribution >= 4 is 45.0 Å². The number of nitrogens with zero attached hydrogens (tertiary/aromatic N) is 1. The molecule has 8 heteroatoms. The standard InChI is InChI=1S/C29H30BrN3O4/c1-18-6-4-5-7-21(18)15-31-29(36)22-14-27(35)33(16-22)24-8-10-25(11-9-24)37-17-26(34)32-28-19(2)12-23(30)13-20(28)3/h4-13,22H,14-17H2,1-3H3,(H,31,36)(H,32,34)/t22-/m0/s1. The number of ether oxygens (including phenoxy) is 1. The van der Waals surface area contributed by atoms with Crippen molar-refractivity contribution in [3.63, 3.8) is 0 Å². The molecular formula is C29H30BrN3O4. The van der Waals surface area contributed by atoms with E-state index < -0.39 is 5.92 Å². The average molecular weight is 564 g/mol. The SMILES string of the molecule is Cc1ccccc1CNC(=O)[C@H]1CC(=O)N(c2ccc(OCC(=O)Nc3c(C)cc(Br)cc3C)cc2)C1. The lowest BCUT2D eigenvalue weighted by molar-refractivity contribution is -0.126. The molecular weight excluding hydrogens is 534 g/mol. The van der Waals surface area contributed by atoms with Crippen molar-refractivity contribution in [3.05, 3.63) is 87.4 Å². The Morgan fingerprint density at radius 2 is 1.68 bits per heavy atom. The maximum absolute atomic E-state index is 12.7. The van der Waals surface area contributed by atoms with Crippen LogP contribution in [0.15, 0.2) is 65.1 Å². The van der Waals surface area contributed by atoms with Crippen LogP contribution in [0.2, 0.25) is 0 Å². The first-order valence-electron chi connectivity index (χ1n) is 12.1. The molecule has 37 heavy (non-hydrogen) atoms. The van der Waals surface area contributed by atoms with Gasteiger partial charge in [0, 0.05) is 35.4 Å². The first-order chi connectivity index (χ1) is 17.7. The summed E-state index contributed by atoms with van der Waals surface area (Å²) in [7, 11) is 0. The minimum Gasteiger partial charge on any atom is -0.484 e. The summed E-state index contributed by atoms with van der Waals surface area (Å²) in [6, 6.07) is 18.8. The molecule has 1 heterocycles. The van der Waals surface area contributed by atoms with E-state index >= 15 is 0 Å². The fourth-order valence-electron chi connectivity index (χ4n) is 4.42. The Balaban J connectivity index is 1.29. The molecule has 3 amide bonds. The average Bonchev–Trinajstić information content (AvgIpc) is 3.26. The third-order valence-electron chi connectivity index (χ3n) is 6.49. The molecule has 192 valence electrons. The Bertz CT molecular complexity index is 1300. The van der Waals surface area contributed by atoms with Crippen LogP contribution in [0.4, 0.5) is 11.4 Å². The Morgan fingerprint density at radius 3 is 2.35 bits per heavy atom. The number of nitrogens with one attached hydrogen (secondary N) is 2. The molecule has 2 N–H and O–H groups in total. The monoisotopic (exact) mass is 563 g/mol. The Labute approximate surface area is 225 Å². The lowest BCUT2D eigenvalue weighted by Crippen LogP contribution is -2.32. The molecule has 1 saturated heterocycles. The zero-order valence-corrected chi connectivity index (χ0v) is 22.7. The second kappa shape index (κ2) is 11.6. The van der Waals surface area contributed by atoms with Gasteiger partial charge in [0.1, 0.15) is 5.75 Å². The van der Waals surface area contributed by atoms with Crippen LogP contribution in [0.1, 0.15) is 28.7 Å². The third-order valence-corrected chi connectivity index (χ3v) is 6.95. The van der Waals surface area contributed by atoms with Crippen LogP contribution in [0, 0.1) is 26.7 Å². The van der Waals surface area contributed by atoms with Gasteiger partial charge in [0.25, 0.3) is 5.91 Å². The smallest absolute Gasteiger partial charge is 0.262 e. The number of hydrogen-bond donors (Lipinski definition) is 2. The summed E-state index contributed by atoms with van der Waals surface area (Å²) in [5, 5.41) is 5.86. The molecule has 0 radical (unpaired) electrons. The van der Waals surface area contributed by atoms with Crippen molar-refractivity contribution in [2.75, 3.05) is 23.4 Å². The number of amides is 3. The molecule has 7 nitrogen and oxygen atoms in total. The lowest BCUT2D eigenvalue weighted by atomic mass is 10.1. The zero-order chi connectivity index (χ0) is 26.5. The van der Waals surface area contributed by atoms with E-state index in [1.165, 1.54) is 0 Å².